The molecule has 0 aliphatic rings. The van der Waals surface area contributed by atoms with Crippen LogP contribution in [-0.2, 0) is 5.54 Å². The summed E-state index contributed by atoms with van der Waals surface area (Å²) < 4.78 is 5.12. The summed E-state index contributed by atoms with van der Waals surface area (Å²) in [5.41, 5.74) is 0.489. The number of aryl methyl sites for hydroxylation is 1. The Morgan fingerprint density at radius 2 is 2.05 bits per heavy atom. The molecule has 4 heteroatoms. The van der Waals surface area contributed by atoms with Crippen LogP contribution >= 0.6 is 0 Å². The lowest BCUT2D eigenvalue weighted by molar-refractivity contribution is 0.0849. The van der Waals surface area contributed by atoms with E-state index in [0.717, 1.165) is 5.56 Å². The molecular weight excluding hydrogens is 242 g/mol. The average molecular weight is 259 g/mol. The van der Waals surface area contributed by atoms with E-state index in [0.29, 0.717) is 11.3 Å². The fourth-order valence-corrected chi connectivity index (χ4v) is 1.89. The van der Waals surface area contributed by atoms with Crippen LogP contribution in [0.2, 0.25) is 0 Å². The lowest BCUT2D eigenvalue weighted by Crippen LogP contribution is -2.46. The molecule has 0 aliphatic carbocycles. The molecule has 1 aromatic carbocycles. The second kappa shape index (κ2) is 5.28. The maximum Gasteiger partial charge on any atom is 0.255 e. The van der Waals surface area contributed by atoms with Crippen molar-refractivity contribution < 1.29 is 14.3 Å². The molecule has 1 heterocycles. The van der Waals surface area contributed by atoms with E-state index in [4.69, 9.17) is 4.42 Å². The molecule has 0 spiro atoms. The van der Waals surface area contributed by atoms with Gasteiger partial charge in [0.05, 0.1) is 17.7 Å². The van der Waals surface area contributed by atoms with E-state index in [2.05, 4.69) is 5.32 Å². The Morgan fingerprint density at radius 3 is 2.58 bits per heavy atom. The van der Waals surface area contributed by atoms with Crippen molar-refractivity contribution in [1.29, 1.82) is 0 Å². The number of nitrogens with one attached hydrogen (secondary N) is 1. The summed E-state index contributed by atoms with van der Waals surface area (Å²) in [5, 5.41) is 12.4. The van der Waals surface area contributed by atoms with Crippen LogP contribution in [-0.4, -0.2) is 17.6 Å². The zero-order chi connectivity index (χ0) is 13.9. The number of aliphatic hydroxyl groups is 1. The van der Waals surface area contributed by atoms with Gasteiger partial charge in [-0.15, -0.1) is 0 Å². The highest BCUT2D eigenvalue weighted by atomic mass is 16.3. The van der Waals surface area contributed by atoms with Crippen LogP contribution in [0.4, 0.5) is 0 Å². The van der Waals surface area contributed by atoms with Gasteiger partial charge in [-0.3, -0.25) is 4.79 Å². The van der Waals surface area contributed by atoms with E-state index in [-0.39, 0.29) is 12.5 Å². The Labute approximate surface area is 112 Å². The Balaban J connectivity index is 2.22. The molecule has 4 nitrogen and oxygen atoms in total. The minimum absolute atomic E-state index is 0.181. The topological polar surface area (TPSA) is 62.5 Å². The van der Waals surface area contributed by atoms with Crippen LogP contribution < -0.4 is 5.32 Å². The summed E-state index contributed by atoms with van der Waals surface area (Å²) in [6.07, 6.45) is 1.41. The summed E-state index contributed by atoms with van der Waals surface area (Å²) in [4.78, 5) is 12.1. The average Bonchev–Trinajstić information content (AvgIpc) is 2.86. The third-order valence-corrected chi connectivity index (χ3v) is 3.11. The summed E-state index contributed by atoms with van der Waals surface area (Å²) >= 11 is 0. The highest BCUT2D eigenvalue weighted by Gasteiger charge is 2.28. The standard InChI is InChI=1S/C15H17NO3/c1-11-8-12(9-19-11)14(18)16-15(2,10-17)13-6-4-3-5-7-13/h3-9,17H,10H2,1-2H3,(H,16,18). The third kappa shape index (κ3) is 2.85. The van der Waals surface area contributed by atoms with Crippen molar-refractivity contribution in [2.45, 2.75) is 19.4 Å². The molecule has 2 aromatic rings. The highest BCUT2D eigenvalue weighted by Crippen LogP contribution is 2.20. The Hall–Kier alpha value is -2.07. The van der Waals surface area contributed by atoms with Crippen molar-refractivity contribution >= 4 is 5.91 Å². The smallest absolute Gasteiger partial charge is 0.255 e. The molecule has 2 N–H and O–H groups in total. The molecule has 1 unspecified atom stereocenters. The van der Waals surface area contributed by atoms with Crippen LogP contribution in [0.1, 0.15) is 28.6 Å². The van der Waals surface area contributed by atoms with E-state index in [1.807, 2.05) is 30.3 Å². The number of rotatable bonds is 4. The van der Waals surface area contributed by atoms with Gasteiger partial charge in [0.2, 0.25) is 0 Å². The molecule has 1 amide bonds. The van der Waals surface area contributed by atoms with Gasteiger partial charge in [-0.2, -0.15) is 0 Å². The molecule has 0 bridgehead atoms. The monoisotopic (exact) mass is 259 g/mol. The lowest BCUT2D eigenvalue weighted by Gasteiger charge is -2.29. The second-order valence-electron chi connectivity index (χ2n) is 4.76. The molecule has 0 saturated carbocycles. The third-order valence-electron chi connectivity index (χ3n) is 3.11. The molecule has 100 valence electrons. The van der Waals surface area contributed by atoms with Gasteiger partial charge < -0.3 is 14.8 Å². The first-order valence-electron chi connectivity index (χ1n) is 6.09. The normalized spacial score (nSPS) is 13.8. The Bertz CT molecular complexity index is 562. The van der Waals surface area contributed by atoms with E-state index in [1.165, 1.54) is 6.26 Å². The van der Waals surface area contributed by atoms with Crippen LogP contribution in [0.25, 0.3) is 0 Å². The molecule has 1 atom stereocenters. The van der Waals surface area contributed by atoms with E-state index in [1.54, 1.807) is 19.9 Å². The minimum Gasteiger partial charge on any atom is -0.469 e. The van der Waals surface area contributed by atoms with Gasteiger partial charge in [0.15, 0.2) is 0 Å². The van der Waals surface area contributed by atoms with Gasteiger partial charge in [0.1, 0.15) is 12.0 Å². The van der Waals surface area contributed by atoms with E-state index >= 15 is 0 Å². The largest absolute Gasteiger partial charge is 0.469 e. The Kier molecular flexibility index (Phi) is 3.71. The molecule has 0 radical (unpaired) electrons. The van der Waals surface area contributed by atoms with Crippen LogP contribution in [0, 0.1) is 6.92 Å². The highest BCUT2D eigenvalue weighted by molar-refractivity contribution is 5.94. The first-order valence-corrected chi connectivity index (χ1v) is 6.09. The van der Waals surface area contributed by atoms with Crippen molar-refractivity contribution in [2.24, 2.45) is 0 Å². The molecule has 19 heavy (non-hydrogen) atoms. The van der Waals surface area contributed by atoms with Gasteiger partial charge in [-0.1, -0.05) is 30.3 Å². The lowest BCUT2D eigenvalue weighted by atomic mass is 9.92. The van der Waals surface area contributed by atoms with Gasteiger partial charge >= 0.3 is 0 Å². The van der Waals surface area contributed by atoms with Gasteiger partial charge in [-0.05, 0) is 25.5 Å². The summed E-state index contributed by atoms with van der Waals surface area (Å²) in [6, 6.07) is 11.0. The minimum atomic E-state index is -0.816. The molecule has 1 aromatic heterocycles. The molecule has 0 fully saturated rings. The molecule has 0 saturated heterocycles. The van der Waals surface area contributed by atoms with Gasteiger partial charge in [0, 0.05) is 0 Å². The summed E-state index contributed by atoms with van der Waals surface area (Å²) in [7, 11) is 0. The molecular formula is C15H17NO3. The molecule has 0 aliphatic heterocycles. The predicted molar refractivity (Wildman–Crippen MR) is 71.8 cm³/mol. The van der Waals surface area contributed by atoms with Crippen molar-refractivity contribution in [3.05, 3.63) is 59.5 Å². The number of benzene rings is 1. The fourth-order valence-electron chi connectivity index (χ4n) is 1.89. The quantitative estimate of drug-likeness (QED) is 0.885. The number of hydrogen-bond acceptors (Lipinski definition) is 3. The number of carbonyl (C=O) groups is 1. The molecule has 2 rings (SSSR count). The number of furan rings is 1. The number of aliphatic hydroxyl groups excluding tert-OH is 1. The van der Waals surface area contributed by atoms with Crippen molar-refractivity contribution in [3.63, 3.8) is 0 Å². The van der Waals surface area contributed by atoms with Crippen LogP contribution in [0.15, 0.2) is 47.1 Å². The Morgan fingerprint density at radius 1 is 1.37 bits per heavy atom. The summed E-state index contributed by atoms with van der Waals surface area (Å²) in [6.45, 7) is 3.38. The van der Waals surface area contributed by atoms with Crippen LogP contribution in [0.3, 0.4) is 0 Å². The van der Waals surface area contributed by atoms with Crippen molar-refractivity contribution in [3.8, 4) is 0 Å². The van der Waals surface area contributed by atoms with Crippen LogP contribution in [0.5, 0.6) is 0 Å². The maximum absolute atomic E-state index is 12.1. The van der Waals surface area contributed by atoms with E-state index < -0.39 is 5.54 Å². The number of carbonyl (C=O) groups excluding carboxylic acids is 1. The van der Waals surface area contributed by atoms with Gasteiger partial charge in [-0.25, -0.2) is 0 Å². The first kappa shape index (κ1) is 13.4. The summed E-state index contributed by atoms with van der Waals surface area (Å²) in [5.74, 6) is 0.410. The number of amides is 1. The number of hydrogen-bond donors (Lipinski definition) is 2. The SMILES string of the molecule is Cc1cc(C(=O)NC(C)(CO)c2ccccc2)co1. The van der Waals surface area contributed by atoms with Crippen molar-refractivity contribution in [2.75, 3.05) is 6.61 Å². The zero-order valence-corrected chi connectivity index (χ0v) is 11.0. The second-order valence-corrected chi connectivity index (χ2v) is 4.76. The van der Waals surface area contributed by atoms with Crippen molar-refractivity contribution in [1.82, 2.24) is 5.32 Å². The van der Waals surface area contributed by atoms with E-state index in [9.17, 15) is 9.90 Å². The maximum atomic E-state index is 12.1. The predicted octanol–water partition coefficient (Wildman–Crippen LogP) is 2.23. The fraction of sp³-hybridized carbons (Fsp3) is 0.267. The zero-order valence-electron chi connectivity index (χ0n) is 11.0. The first-order chi connectivity index (χ1) is 9.05. The van der Waals surface area contributed by atoms with Gasteiger partial charge in [0.25, 0.3) is 5.91 Å².